The Kier molecular flexibility index (Phi) is 8.85. The van der Waals surface area contributed by atoms with Crippen molar-refractivity contribution in [2.75, 3.05) is 38.7 Å². The van der Waals surface area contributed by atoms with Gasteiger partial charge in [0.05, 0.1) is 18.8 Å². The molecule has 0 aliphatic heterocycles. The lowest BCUT2D eigenvalue weighted by Gasteiger charge is -2.21. The molecule has 0 aliphatic carbocycles. The normalized spacial score (nSPS) is 11.0. The summed E-state index contributed by atoms with van der Waals surface area (Å²) in [5, 5.41) is 3.08. The van der Waals surface area contributed by atoms with Gasteiger partial charge >= 0.3 is 0 Å². The van der Waals surface area contributed by atoms with Crippen LogP contribution in [-0.2, 0) is 9.53 Å². The van der Waals surface area contributed by atoms with Crippen LogP contribution in [0.2, 0.25) is 0 Å². The van der Waals surface area contributed by atoms with Crippen LogP contribution in [0.15, 0.2) is 52.3 Å². The van der Waals surface area contributed by atoms with Gasteiger partial charge in [-0.3, -0.25) is 9.69 Å². The molecule has 2 aromatic rings. The van der Waals surface area contributed by atoms with E-state index < -0.39 is 0 Å². The number of anilines is 1. The second kappa shape index (κ2) is 11.1. The van der Waals surface area contributed by atoms with Gasteiger partial charge in [-0.2, -0.15) is 0 Å². The predicted molar refractivity (Wildman–Crippen MR) is 114 cm³/mol. The molecule has 2 aromatic carbocycles. The van der Waals surface area contributed by atoms with E-state index in [4.69, 9.17) is 4.74 Å². The van der Waals surface area contributed by atoms with Crippen molar-refractivity contribution in [3.63, 3.8) is 0 Å². The van der Waals surface area contributed by atoms with Gasteiger partial charge in [0.2, 0.25) is 5.91 Å². The van der Waals surface area contributed by atoms with Crippen LogP contribution < -0.4 is 5.32 Å². The number of hydrogen-bond acceptors (Lipinski definition) is 4. The zero-order valence-corrected chi connectivity index (χ0v) is 17.6. The zero-order chi connectivity index (χ0) is 19.6. The van der Waals surface area contributed by atoms with Crippen molar-refractivity contribution in [1.29, 1.82) is 0 Å². The number of methoxy groups -OCH3 is 1. The summed E-state index contributed by atoms with van der Waals surface area (Å²) in [4.78, 5) is 17.0. The number of benzene rings is 2. The van der Waals surface area contributed by atoms with Gasteiger partial charge in [-0.1, -0.05) is 48.5 Å². The zero-order valence-electron chi connectivity index (χ0n) is 16.7. The third kappa shape index (κ3) is 7.01. The van der Waals surface area contributed by atoms with Crippen LogP contribution in [0, 0.1) is 13.8 Å². The number of nitrogens with zero attached hydrogens (tertiary/aromatic N) is 1. The van der Waals surface area contributed by atoms with Crippen LogP contribution in [0.3, 0.4) is 0 Å². The molecule has 4 nitrogen and oxygen atoms in total. The highest BCUT2D eigenvalue weighted by Gasteiger charge is 2.13. The number of aryl methyl sites for hydroxylation is 2. The quantitative estimate of drug-likeness (QED) is 0.640. The Balaban J connectivity index is 2.07. The lowest BCUT2D eigenvalue weighted by molar-refractivity contribution is -0.117. The van der Waals surface area contributed by atoms with Crippen molar-refractivity contribution in [2.45, 2.75) is 37.0 Å². The highest BCUT2D eigenvalue weighted by Crippen LogP contribution is 2.35. The van der Waals surface area contributed by atoms with Crippen molar-refractivity contribution < 1.29 is 9.53 Å². The molecule has 0 saturated carbocycles. The van der Waals surface area contributed by atoms with Crippen molar-refractivity contribution >= 4 is 23.4 Å². The maximum atomic E-state index is 12.6. The smallest absolute Gasteiger partial charge is 0.238 e. The molecule has 0 bridgehead atoms. The Morgan fingerprint density at radius 2 is 1.89 bits per heavy atom. The van der Waals surface area contributed by atoms with E-state index in [1.165, 1.54) is 16.0 Å². The van der Waals surface area contributed by atoms with Gasteiger partial charge in [0.15, 0.2) is 0 Å². The van der Waals surface area contributed by atoms with Crippen molar-refractivity contribution in [3.8, 4) is 0 Å². The third-order valence-electron chi connectivity index (χ3n) is 4.23. The fourth-order valence-electron chi connectivity index (χ4n) is 2.89. The van der Waals surface area contributed by atoms with E-state index in [9.17, 15) is 4.79 Å². The summed E-state index contributed by atoms with van der Waals surface area (Å²) in [6, 6.07) is 14.4. The van der Waals surface area contributed by atoms with Gasteiger partial charge in [-0.05, 0) is 50.6 Å². The number of ether oxygens (including phenoxy) is 1. The summed E-state index contributed by atoms with van der Waals surface area (Å²) in [5.41, 5.74) is 3.36. The molecule has 0 radical (unpaired) electrons. The fraction of sp³-hybridized carbons (Fsp3) is 0.409. The first-order valence-electron chi connectivity index (χ1n) is 9.38. The SMILES string of the molecule is CCCN(CCOC)CC(=O)Nc1ccccc1Sc1ccc(C)cc1C. The summed E-state index contributed by atoms with van der Waals surface area (Å²) in [5.74, 6) is 0.00762. The number of para-hydroxylation sites is 1. The average molecular weight is 387 g/mol. The van der Waals surface area contributed by atoms with Crippen molar-refractivity contribution in [1.82, 2.24) is 4.90 Å². The van der Waals surface area contributed by atoms with Crippen molar-refractivity contribution in [3.05, 3.63) is 53.6 Å². The van der Waals surface area contributed by atoms with E-state index in [0.717, 1.165) is 30.1 Å². The van der Waals surface area contributed by atoms with Crippen LogP contribution in [-0.4, -0.2) is 44.2 Å². The van der Waals surface area contributed by atoms with Crippen LogP contribution in [0.4, 0.5) is 5.69 Å². The largest absolute Gasteiger partial charge is 0.383 e. The Morgan fingerprint density at radius 3 is 2.59 bits per heavy atom. The molecule has 1 amide bonds. The number of carbonyl (C=O) groups is 1. The van der Waals surface area contributed by atoms with E-state index in [1.807, 2.05) is 24.3 Å². The van der Waals surface area contributed by atoms with Gasteiger partial charge in [-0.15, -0.1) is 0 Å². The van der Waals surface area contributed by atoms with E-state index in [-0.39, 0.29) is 5.91 Å². The van der Waals surface area contributed by atoms with E-state index >= 15 is 0 Å². The number of rotatable bonds is 10. The first kappa shape index (κ1) is 21.5. The molecule has 2 rings (SSSR count). The molecular weight excluding hydrogens is 356 g/mol. The molecule has 0 fully saturated rings. The second-order valence-corrected chi connectivity index (χ2v) is 7.77. The lowest BCUT2D eigenvalue weighted by Crippen LogP contribution is -2.36. The number of carbonyl (C=O) groups excluding carboxylic acids is 1. The van der Waals surface area contributed by atoms with Crippen LogP contribution >= 0.6 is 11.8 Å². The standard InChI is InChI=1S/C22H30N2O2S/c1-5-12-24(13-14-26-4)16-22(25)23-19-8-6-7-9-21(19)27-20-11-10-17(2)15-18(20)3/h6-11,15H,5,12-14,16H2,1-4H3,(H,23,25). The lowest BCUT2D eigenvalue weighted by atomic mass is 10.2. The highest BCUT2D eigenvalue weighted by molar-refractivity contribution is 7.99. The third-order valence-corrected chi connectivity index (χ3v) is 5.48. The first-order chi connectivity index (χ1) is 13.0. The Bertz CT molecular complexity index is 749. The molecule has 0 spiro atoms. The number of hydrogen-bond donors (Lipinski definition) is 1. The molecule has 0 atom stereocenters. The van der Waals surface area contributed by atoms with E-state index in [1.54, 1.807) is 18.9 Å². The number of nitrogens with one attached hydrogen (secondary N) is 1. The summed E-state index contributed by atoms with van der Waals surface area (Å²) in [7, 11) is 1.69. The van der Waals surface area contributed by atoms with Crippen molar-refractivity contribution in [2.24, 2.45) is 0 Å². The highest BCUT2D eigenvalue weighted by atomic mass is 32.2. The van der Waals surface area contributed by atoms with Gasteiger partial charge in [0.1, 0.15) is 0 Å². The topological polar surface area (TPSA) is 41.6 Å². The Hall–Kier alpha value is -1.82. The Morgan fingerprint density at radius 1 is 1.11 bits per heavy atom. The molecule has 0 aliphatic rings. The fourth-order valence-corrected chi connectivity index (χ4v) is 3.86. The molecular formula is C22H30N2O2S. The molecule has 1 N–H and O–H groups in total. The summed E-state index contributed by atoms with van der Waals surface area (Å²) < 4.78 is 5.15. The van der Waals surface area contributed by atoms with Crippen LogP contribution in [0.1, 0.15) is 24.5 Å². The maximum Gasteiger partial charge on any atom is 0.238 e. The van der Waals surface area contributed by atoms with E-state index in [2.05, 4.69) is 49.2 Å². The molecule has 0 aromatic heterocycles. The van der Waals surface area contributed by atoms with E-state index in [0.29, 0.717) is 13.2 Å². The van der Waals surface area contributed by atoms with Gasteiger partial charge in [-0.25, -0.2) is 0 Å². The predicted octanol–water partition coefficient (Wildman–Crippen LogP) is 4.75. The molecule has 0 heterocycles. The minimum absolute atomic E-state index is 0.00762. The minimum Gasteiger partial charge on any atom is -0.383 e. The monoisotopic (exact) mass is 386 g/mol. The summed E-state index contributed by atoms with van der Waals surface area (Å²) in [6.45, 7) is 8.99. The Labute approximate surface area is 167 Å². The maximum absolute atomic E-state index is 12.6. The van der Waals surface area contributed by atoms with Crippen LogP contribution in [0.25, 0.3) is 0 Å². The molecule has 5 heteroatoms. The van der Waals surface area contributed by atoms with Gasteiger partial charge < -0.3 is 10.1 Å². The summed E-state index contributed by atoms with van der Waals surface area (Å²) >= 11 is 1.69. The molecule has 27 heavy (non-hydrogen) atoms. The van der Waals surface area contributed by atoms with Gasteiger partial charge in [0.25, 0.3) is 0 Å². The molecule has 0 unspecified atom stereocenters. The molecule has 0 saturated heterocycles. The average Bonchev–Trinajstić information content (AvgIpc) is 2.63. The summed E-state index contributed by atoms with van der Waals surface area (Å²) in [6.07, 6.45) is 1.01. The number of amides is 1. The first-order valence-corrected chi connectivity index (χ1v) is 10.2. The van der Waals surface area contributed by atoms with Gasteiger partial charge in [0, 0.05) is 23.4 Å². The molecule has 146 valence electrons. The second-order valence-electron chi connectivity index (χ2n) is 6.68. The van der Waals surface area contributed by atoms with Crippen LogP contribution in [0.5, 0.6) is 0 Å². The minimum atomic E-state index is 0.00762.